The fourth-order valence-corrected chi connectivity index (χ4v) is 6.81. The molecule has 0 unspecified atom stereocenters. The molecule has 0 aliphatic carbocycles. The van der Waals surface area contributed by atoms with E-state index in [1.165, 1.54) is 25.9 Å². The smallest absolute Gasteiger partial charge is 0.419 e. The SMILES string of the molecule is Cc1cc(-c2cn(C(=O)OC(C)(C)C)c3cc(F)ccc23)cc(C)c1S(=O)(=O)N1CCN(C(=O)OC(C)(C)C)CC1. The molecule has 0 atom stereocenters. The molecule has 11 heteroatoms. The zero-order valence-electron chi connectivity index (χ0n) is 24.9. The molecule has 1 fully saturated rings. The number of benzene rings is 2. The maximum Gasteiger partial charge on any atom is 0.419 e. The van der Waals surface area contributed by atoms with Gasteiger partial charge in [-0.3, -0.25) is 4.57 Å². The minimum atomic E-state index is -3.86. The summed E-state index contributed by atoms with van der Waals surface area (Å²) in [4.78, 5) is 27.1. The van der Waals surface area contributed by atoms with Crippen molar-refractivity contribution in [1.29, 1.82) is 0 Å². The van der Waals surface area contributed by atoms with Crippen LogP contribution in [0.15, 0.2) is 41.4 Å². The number of rotatable bonds is 3. The van der Waals surface area contributed by atoms with Crippen molar-refractivity contribution in [2.45, 2.75) is 71.5 Å². The summed E-state index contributed by atoms with van der Waals surface area (Å²) in [6.07, 6.45) is 0.491. The zero-order valence-corrected chi connectivity index (χ0v) is 25.7. The number of fused-ring (bicyclic) bond motifs is 1. The second-order valence-electron chi connectivity index (χ2n) is 12.4. The molecule has 3 aromatic rings. The van der Waals surface area contributed by atoms with Crippen LogP contribution in [0, 0.1) is 19.7 Å². The van der Waals surface area contributed by atoms with Crippen molar-refractivity contribution >= 4 is 33.1 Å². The van der Waals surface area contributed by atoms with Crippen LogP contribution in [0.2, 0.25) is 0 Å². The Morgan fingerprint density at radius 1 is 0.829 bits per heavy atom. The summed E-state index contributed by atoms with van der Waals surface area (Å²) < 4.78 is 55.3. The first-order valence-electron chi connectivity index (χ1n) is 13.5. The maximum absolute atomic E-state index is 14.2. The summed E-state index contributed by atoms with van der Waals surface area (Å²) in [6, 6.07) is 7.71. The molecule has 41 heavy (non-hydrogen) atoms. The number of hydrogen-bond acceptors (Lipinski definition) is 6. The van der Waals surface area contributed by atoms with Gasteiger partial charge in [-0.15, -0.1) is 0 Å². The molecule has 1 aromatic heterocycles. The Balaban J connectivity index is 1.66. The van der Waals surface area contributed by atoms with Crippen LogP contribution in [-0.4, -0.2) is 71.8 Å². The molecule has 0 radical (unpaired) electrons. The average Bonchev–Trinajstić information content (AvgIpc) is 3.20. The number of ether oxygens (including phenoxy) is 2. The Morgan fingerprint density at radius 3 is 1.90 bits per heavy atom. The van der Waals surface area contributed by atoms with Crippen LogP contribution < -0.4 is 0 Å². The van der Waals surface area contributed by atoms with Crippen molar-refractivity contribution < 1.29 is 31.9 Å². The standard InChI is InChI=1S/C30H38FN3O6S/c1-19-15-21(24-18-34(28(36)40-30(6,7)8)25-17-22(31)9-10-23(24)25)16-20(2)26(19)41(37,38)33-13-11-32(12-14-33)27(35)39-29(3,4)5/h9-10,15-18H,11-14H2,1-8H3. The molecular weight excluding hydrogens is 549 g/mol. The predicted molar refractivity (Wildman–Crippen MR) is 155 cm³/mol. The van der Waals surface area contributed by atoms with Gasteiger partial charge in [0.05, 0.1) is 10.4 Å². The fourth-order valence-electron chi connectivity index (χ4n) is 4.97. The molecule has 1 saturated heterocycles. The van der Waals surface area contributed by atoms with Gasteiger partial charge >= 0.3 is 12.2 Å². The first kappa shape index (κ1) is 30.5. The molecule has 1 aliphatic rings. The molecule has 4 rings (SSSR count). The van der Waals surface area contributed by atoms with Crippen molar-refractivity contribution in [3.8, 4) is 11.1 Å². The second-order valence-corrected chi connectivity index (χ2v) is 14.2. The maximum atomic E-state index is 14.2. The van der Waals surface area contributed by atoms with E-state index in [-0.39, 0.29) is 31.1 Å². The summed E-state index contributed by atoms with van der Waals surface area (Å²) in [5.41, 5.74) is 1.38. The third-order valence-corrected chi connectivity index (χ3v) is 8.82. The molecule has 222 valence electrons. The van der Waals surface area contributed by atoms with Crippen LogP contribution in [0.4, 0.5) is 14.0 Å². The lowest BCUT2D eigenvalue weighted by atomic mass is 10.00. The second kappa shape index (κ2) is 10.8. The number of aromatic nitrogens is 1. The quantitative estimate of drug-likeness (QED) is 0.368. The van der Waals surface area contributed by atoms with Gasteiger partial charge in [0, 0.05) is 43.3 Å². The van der Waals surface area contributed by atoms with E-state index in [1.54, 1.807) is 79.8 Å². The molecule has 1 amide bonds. The number of carbonyl (C=O) groups is 2. The number of piperazine rings is 1. The third kappa shape index (κ3) is 6.56. The normalized spacial score (nSPS) is 15.3. The number of amides is 1. The number of carbonyl (C=O) groups excluding carboxylic acids is 2. The van der Waals surface area contributed by atoms with E-state index in [1.807, 2.05) is 0 Å². The topological polar surface area (TPSA) is 98.1 Å². The van der Waals surface area contributed by atoms with E-state index in [2.05, 4.69) is 0 Å². The Labute approximate surface area is 240 Å². The summed E-state index contributed by atoms with van der Waals surface area (Å²) >= 11 is 0. The van der Waals surface area contributed by atoms with E-state index < -0.39 is 39.2 Å². The van der Waals surface area contributed by atoms with Gasteiger partial charge in [-0.05, 0) is 102 Å². The Bertz CT molecular complexity index is 1580. The van der Waals surface area contributed by atoms with E-state index >= 15 is 0 Å². The Hall–Kier alpha value is -3.44. The number of halogens is 1. The molecular formula is C30H38FN3O6S. The molecule has 0 N–H and O–H groups in total. The number of sulfonamides is 1. The molecule has 1 aliphatic heterocycles. The first-order chi connectivity index (χ1) is 18.9. The predicted octanol–water partition coefficient (Wildman–Crippen LogP) is 6.09. The van der Waals surface area contributed by atoms with Crippen LogP contribution >= 0.6 is 0 Å². The van der Waals surface area contributed by atoms with Crippen molar-refractivity contribution in [2.24, 2.45) is 0 Å². The Kier molecular flexibility index (Phi) is 8.01. The lowest BCUT2D eigenvalue weighted by Gasteiger charge is -2.35. The van der Waals surface area contributed by atoms with Crippen molar-refractivity contribution in [3.05, 3.63) is 53.5 Å². The molecule has 9 nitrogen and oxygen atoms in total. The number of aryl methyl sites for hydroxylation is 2. The molecule has 0 saturated carbocycles. The minimum absolute atomic E-state index is 0.150. The van der Waals surface area contributed by atoms with E-state index in [0.29, 0.717) is 33.2 Å². The minimum Gasteiger partial charge on any atom is -0.444 e. The zero-order chi connectivity index (χ0) is 30.5. The van der Waals surface area contributed by atoms with Gasteiger partial charge in [-0.2, -0.15) is 4.31 Å². The highest BCUT2D eigenvalue weighted by Crippen LogP contribution is 2.36. The lowest BCUT2D eigenvalue weighted by molar-refractivity contribution is 0.0192. The lowest BCUT2D eigenvalue weighted by Crippen LogP contribution is -2.51. The number of hydrogen-bond donors (Lipinski definition) is 0. The highest BCUT2D eigenvalue weighted by Gasteiger charge is 2.34. The van der Waals surface area contributed by atoms with Crippen molar-refractivity contribution in [3.63, 3.8) is 0 Å². The van der Waals surface area contributed by atoms with Gasteiger partial charge in [0.1, 0.15) is 17.0 Å². The van der Waals surface area contributed by atoms with Crippen molar-refractivity contribution in [2.75, 3.05) is 26.2 Å². The van der Waals surface area contributed by atoms with Gasteiger partial charge in [0.15, 0.2) is 0 Å². The third-order valence-electron chi connectivity index (χ3n) is 6.62. The summed E-state index contributed by atoms with van der Waals surface area (Å²) in [5, 5.41) is 0.630. The average molecular weight is 588 g/mol. The van der Waals surface area contributed by atoms with Gasteiger partial charge in [0.2, 0.25) is 10.0 Å². The highest BCUT2D eigenvalue weighted by atomic mass is 32.2. The molecule has 0 spiro atoms. The highest BCUT2D eigenvalue weighted by molar-refractivity contribution is 7.89. The monoisotopic (exact) mass is 587 g/mol. The van der Waals surface area contributed by atoms with Crippen LogP contribution in [-0.2, 0) is 19.5 Å². The van der Waals surface area contributed by atoms with Gasteiger partial charge in [-0.1, -0.05) is 0 Å². The first-order valence-corrected chi connectivity index (χ1v) is 14.9. The van der Waals surface area contributed by atoms with Gasteiger partial charge in [-0.25, -0.2) is 22.4 Å². The molecule has 2 aromatic carbocycles. The number of nitrogens with zero attached hydrogens (tertiary/aromatic N) is 3. The van der Waals surface area contributed by atoms with E-state index in [9.17, 15) is 22.4 Å². The molecule has 2 heterocycles. The summed E-state index contributed by atoms with van der Waals surface area (Å²) in [6.45, 7) is 14.8. The van der Waals surface area contributed by atoms with Crippen LogP contribution in [0.1, 0.15) is 52.7 Å². The van der Waals surface area contributed by atoms with Gasteiger partial charge < -0.3 is 14.4 Å². The van der Waals surface area contributed by atoms with E-state index in [4.69, 9.17) is 9.47 Å². The van der Waals surface area contributed by atoms with E-state index in [0.717, 1.165) is 0 Å². The molecule has 0 bridgehead atoms. The van der Waals surface area contributed by atoms with Gasteiger partial charge in [0.25, 0.3) is 0 Å². The van der Waals surface area contributed by atoms with Crippen molar-refractivity contribution in [1.82, 2.24) is 13.8 Å². The van der Waals surface area contributed by atoms with Crippen LogP contribution in [0.25, 0.3) is 22.0 Å². The fraction of sp³-hybridized carbons (Fsp3) is 0.467. The van der Waals surface area contributed by atoms with Crippen LogP contribution in [0.5, 0.6) is 0 Å². The summed E-state index contributed by atoms with van der Waals surface area (Å²) in [7, 11) is -3.86. The summed E-state index contributed by atoms with van der Waals surface area (Å²) in [5.74, 6) is -0.493. The van der Waals surface area contributed by atoms with Crippen LogP contribution in [0.3, 0.4) is 0 Å². The Morgan fingerprint density at radius 2 is 1.37 bits per heavy atom. The largest absolute Gasteiger partial charge is 0.444 e.